The monoisotopic (exact) mass is 320 g/mol. The van der Waals surface area contributed by atoms with Gasteiger partial charge >= 0.3 is 6.09 Å². The molecule has 0 unspecified atom stereocenters. The summed E-state index contributed by atoms with van der Waals surface area (Å²) in [4.78, 5) is 20.4. The number of amides is 1. The molecule has 2 rings (SSSR count). The maximum Gasteiger partial charge on any atom is 0.410 e. The highest BCUT2D eigenvalue weighted by molar-refractivity contribution is 5.80. The molecule has 2 heterocycles. The molecule has 1 aliphatic heterocycles. The number of carbonyl (C=O) groups is 1. The molecule has 7 heteroatoms. The fraction of sp³-hybridized carbons (Fsp3) is 0.562. The van der Waals surface area contributed by atoms with Gasteiger partial charge in [-0.15, -0.1) is 0 Å². The summed E-state index contributed by atoms with van der Waals surface area (Å²) in [7, 11) is 0. The van der Waals surface area contributed by atoms with E-state index in [-0.39, 0.29) is 6.09 Å². The summed E-state index contributed by atoms with van der Waals surface area (Å²) < 4.78 is 5.39. The molecule has 7 nitrogen and oxygen atoms in total. The summed E-state index contributed by atoms with van der Waals surface area (Å²) in [5.41, 5.74) is 1.11. The van der Waals surface area contributed by atoms with E-state index in [1.54, 1.807) is 4.90 Å². The van der Waals surface area contributed by atoms with Crippen molar-refractivity contribution in [3.63, 3.8) is 0 Å². The molecule has 1 aromatic rings. The number of piperazine rings is 1. The van der Waals surface area contributed by atoms with Gasteiger partial charge in [0.2, 0.25) is 0 Å². The lowest BCUT2D eigenvalue weighted by Gasteiger charge is -2.36. The lowest BCUT2D eigenvalue weighted by molar-refractivity contribution is 0.0240. The van der Waals surface area contributed by atoms with Crippen LogP contribution in [0, 0.1) is 6.92 Å². The largest absolute Gasteiger partial charge is 0.444 e. The third-order valence-corrected chi connectivity index (χ3v) is 3.56. The highest BCUT2D eigenvalue weighted by Crippen LogP contribution is 2.17. The van der Waals surface area contributed by atoms with Crippen molar-refractivity contribution in [1.82, 2.24) is 9.88 Å². The summed E-state index contributed by atoms with van der Waals surface area (Å²) in [6, 6.07) is 3.77. The van der Waals surface area contributed by atoms with Crippen LogP contribution in [-0.2, 0) is 4.74 Å². The van der Waals surface area contributed by atoms with Crippen molar-refractivity contribution in [2.24, 2.45) is 5.16 Å². The number of oxime groups is 1. The molecular formula is C16H24N4O3. The second kappa shape index (κ2) is 6.85. The van der Waals surface area contributed by atoms with Crippen LogP contribution in [-0.4, -0.2) is 59.2 Å². The summed E-state index contributed by atoms with van der Waals surface area (Å²) >= 11 is 0. The van der Waals surface area contributed by atoms with Crippen LogP contribution in [0.2, 0.25) is 0 Å². The maximum atomic E-state index is 12.1. The molecule has 0 spiro atoms. The number of aryl methyl sites for hydroxylation is 1. The van der Waals surface area contributed by atoms with Crippen molar-refractivity contribution >= 4 is 18.1 Å². The number of anilines is 1. The summed E-state index contributed by atoms with van der Waals surface area (Å²) in [5, 5.41) is 11.6. The summed E-state index contributed by atoms with van der Waals surface area (Å²) in [5.74, 6) is 0.862. The van der Waals surface area contributed by atoms with E-state index in [9.17, 15) is 4.79 Å². The van der Waals surface area contributed by atoms with Gasteiger partial charge in [0.1, 0.15) is 11.4 Å². The summed E-state index contributed by atoms with van der Waals surface area (Å²) in [6.07, 6.45) is 1.10. The van der Waals surface area contributed by atoms with Crippen LogP contribution < -0.4 is 4.90 Å². The minimum Gasteiger partial charge on any atom is -0.444 e. The number of ether oxygens (including phenoxy) is 1. The fourth-order valence-corrected chi connectivity index (χ4v) is 2.38. The van der Waals surface area contributed by atoms with E-state index in [0.29, 0.717) is 26.2 Å². The molecule has 1 aliphatic rings. The normalized spacial score (nSPS) is 16.0. The molecule has 1 aromatic heterocycles. The number of hydrogen-bond donors (Lipinski definition) is 1. The van der Waals surface area contributed by atoms with Crippen LogP contribution in [0.25, 0.3) is 0 Å². The number of carbonyl (C=O) groups excluding carboxylic acids is 1. The van der Waals surface area contributed by atoms with Crippen molar-refractivity contribution in [3.05, 3.63) is 23.4 Å². The fourth-order valence-electron chi connectivity index (χ4n) is 2.38. The van der Waals surface area contributed by atoms with E-state index in [0.717, 1.165) is 17.1 Å². The van der Waals surface area contributed by atoms with Crippen molar-refractivity contribution < 1.29 is 14.7 Å². The molecule has 0 aliphatic carbocycles. The number of pyridine rings is 1. The Morgan fingerprint density at radius 3 is 2.48 bits per heavy atom. The zero-order valence-electron chi connectivity index (χ0n) is 14.1. The molecule has 1 saturated heterocycles. The Kier molecular flexibility index (Phi) is 5.08. The number of nitrogens with zero attached hydrogens (tertiary/aromatic N) is 4. The van der Waals surface area contributed by atoms with Gasteiger partial charge in [-0.1, -0.05) is 5.16 Å². The van der Waals surface area contributed by atoms with Gasteiger partial charge in [0.15, 0.2) is 0 Å². The predicted octanol–water partition coefficient (Wildman–Crippen LogP) is 2.26. The number of hydrogen-bond acceptors (Lipinski definition) is 6. The van der Waals surface area contributed by atoms with Crippen molar-refractivity contribution in [3.8, 4) is 0 Å². The Morgan fingerprint density at radius 2 is 1.96 bits per heavy atom. The average Bonchev–Trinajstić information content (AvgIpc) is 2.48. The van der Waals surface area contributed by atoms with Crippen LogP contribution in [0.15, 0.2) is 17.3 Å². The van der Waals surface area contributed by atoms with Gasteiger partial charge < -0.3 is 19.7 Å². The third-order valence-electron chi connectivity index (χ3n) is 3.56. The lowest BCUT2D eigenvalue weighted by Crippen LogP contribution is -2.50. The van der Waals surface area contributed by atoms with Crippen molar-refractivity contribution in [1.29, 1.82) is 0 Å². The van der Waals surface area contributed by atoms with Crippen LogP contribution in [0.5, 0.6) is 0 Å². The van der Waals surface area contributed by atoms with Crippen LogP contribution in [0.1, 0.15) is 32.0 Å². The van der Waals surface area contributed by atoms with Gasteiger partial charge in [-0.2, -0.15) is 0 Å². The van der Waals surface area contributed by atoms with E-state index in [1.807, 2.05) is 39.8 Å². The predicted molar refractivity (Wildman–Crippen MR) is 88.4 cm³/mol. The topological polar surface area (TPSA) is 78.3 Å². The van der Waals surface area contributed by atoms with Crippen molar-refractivity contribution in [2.75, 3.05) is 31.1 Å². The van der Waals surface area contributed by atoms with E-state index >= 15 is 0 Å². The van der Waals surface area contributed by atoms with Gasteiger partial charge in [-0.25, -0.2) is 9.78 Å². The molecule has 23 heavy (non-hydrogen) atoms. The van der Waals surface area contributed by atoms with Crippen molar-refractivity contribution in [2.45, 2.75) is 33.3 Å². The van der Waals surface area contributed by atoms with Gasteiger partial charge in [-0.05, 0) is 39.8 Å². The van der Waals surface area contributed by atoms with E-state index in [4.69, 9.17) is 9.94 Å². The standard InChI is InChI=1S/C16H24N4O3/c1-12-13(11-17-22)5-6-14(18-12)19-7-9-20(10-8-19)15(21)23-16(2,3)4/h5-6,11,22H,7-10H2,1-4H3/b17-11-. The summed E-state index contributed by atoms with van der Waals surface area (Å²) in [6.45, 7) is 10.1. The van der Waals surface area contributed by atoms with E-state index in [1.165, 1.54) is 6.21 Å². The minimum absolute atomic E-state index is 0.268. The first-order chi connectivity index (χ1) is 10.8. The molecule has 0 saturated carbocycles. The highest BCUT2D eigenvalue weighted by Gasteiger charge is 2.26. The SMILES string of the molecule is Cc1nc(N2CCN(C(=O)OC(C)(C)C)CC2)ccc1/C=N\O. The molecule has 1 fully saturated rings. The minimum atomic E-state index is -0.475. The Balaban J connectivity index is 1.97. The van der Waals surface area contributed by atoms with Gasteiger partial charge in [0, 0.05) is 37.4 Å². The first-order valence-electron chi connectivity index (χ1n) is 7.68. The Morgan fingerprint density at radius 1 is 1.30 bits per heavy atom. The number of aromatic nitrogens is 1. The van der Waals surface area contributed by atoms with Gasteiger partial charge in [0.25, 0.3) is 0 Å². The first kappa shape index (κ1) is 17.1. The van der Waals surface area contributed by atoms with E-state index in [2.05, 4.69) is 15.0 Å². The average molecular weight is 320 g/mol. The second-order valence-electron chi connectivity index (χ2n) is 6.54. The molecule has 0 radical (unpaired) electrons. The lowest BCUT2D eigenvalue weighted by atomic mass is 10.2. The maximum absolute atomic E-state index is 12.1. The molecule has 126 valence electrons. The Hall–Kier alpha value is -2.31. The quantitative estimate of drug-likeness (QED) is 0.514. The highest BCUT2D eigenvalue weighted by atomic mass is 16.6. The molecule has 0 aromatic carbocycles. The second-order valence-corrected chi connectivity index (χ2v) is 6.54. The third kappa shape index (κ3) is 4.58. The van der Waals surface area contributed by atoms with Crippen LogP contribution in [0.3, 0.4) is 0 Å². The Labute approximate surface area is 136 Å². The number of rotatable bonds is 2. The molecule has 0 atom stereocenters. The zero-order valence-corrected chi connectivity index (χ0v) is 14.1. The first-order valence-corrected chi connectivity index (χ1v) is 7.68. The van der Waals surface area contributed by atoms with Gasteiger partial charge in [-0.3, -0.25) is 0 Å². The molecule has 0 bridgehead atoms. The van der Waals surface area contributed by atoms with Crippen LogP contribution in [0.4, 0.5) is 10.6 Å². The van der Waals surface area contributed by atoms with Gasteiger partial charge in [0.05, 0.1) is 6.21 Å². The molecule has 1 N–H and O–H groups in total. The zero-order chi connectivity index (χ0) is 17.0. The molecule has 1 amide bonds. The Bertz CT molecular complexity index is 587. The van der Waals surface area contributed by atoms with E-state index < -0.39 is 5.60 Å². The molecular weight excluding hydrogens is 296 g/mol. The van der Waals surface area contributed by atoms with Crippen LogP contribution >= 0.6 is 0 Å². The smallest absolute Gasteiger partial charge is 0.410 e.